The maximum atomic E-state index is 14.0. The molecular formula is C28H26N6O8S. The van der Waals surface area contributed by atoms with Gasteiger partial charge in [0.2, 0.25) is 0 Å². The molecule has 15 heteroatoms. The average molecular weight is 607 g/mol. The third kappa shape index (κ3) is 5.44. The van der Waals surface area contributed by atoms with Crippen molar-refractivity contribution in [1.82, 2.24) is 29.5 Å². The number of carbonyl (C=O) groups is 5. The number of hydrogen-bond donors (Lipinski definition) is 4. The van der Waals surface area contributed by atoms with Crippen LogP contribution < -0.4 is 14.8 Å². The molecule has 0 bridgehead atoms. The Morgan fingerprint density at radius 2 is 1.16 bits per heavy atom. The molecule has 2 aliphatic heterocycles. The number of rotatable bonds is 7. The standard InChI is InChI=1S/C28H26N6O8S/c35-23-22(29-26(38)39)18-33(23)25(37)31-43(41,42)30-24(36)32-16-17-34(27(32)40)28(19-10-4-1-5-11-19,20-12-6-2-7-13-20)21-14-8-3-9-15-21/h1-15,22,29H,16-18H2,(H,30,36)(H,31,37)(H,38,39)/t22-/m0/s1. The van der Waals surface area contributed by atoms with Crippen molar-refractivity contribution in [1.29, 1.82) is 0 Å². The summed E-state index contributed by atoms with van der Waals surface area (Å²) in [6.07, 6.45) is -1.49. The van der Waals surface area contributed by atoms with Gasteiger partial charge < -0.3 is 15.3 Å². The number of nitrogens with one attached hydrogen (secondary N) is 3. The molecule has 0 aliphatic carbocycles. The summed E-state index contributed by atoms with van der Waals surface area (Å²) in [6.45, 7) is -0.534. The lowest BCUT2D eigenvalue weighted by Crippen LogP contribution is -2.67. The highest BCUT2D eigenvalue weighted by Crippen LogP contribution is 2.44. The number of β-lactam (4-membered cyclic amide) rings is 1. The predicted octanol–water partition coefficient (Wildman–Crippen LogP) is 1.86. The molecule has 2 aliphatic rings. The van der Waals surface area contributed by atoms with Crippen LogP contribution in [0.2, 0.25) is 0 Å². The molecule has 0 radical (unpaired) electrons. The lowest BCUT2D eigenvalue weighted by Gasteiger charge is -2.43. The number of benzene rings is 3. The molecule has 3 aromatic carbocycles. The van der Waals surface area contributed by atoms with Crippen molar-refractivity contribution < 1.29 is 37.5 Å². The number of imide groups is 2. The molecule has 0 spiro atoms. The minimum Gasteiger partial charge on any atom is -0.465 e. The number of urea groups is 3. The first-order valence-corrected chi connectivity index (χ1v) is 14.5. The first-order chi connectivity index (χ1) is 20.5. The smallest absolute Gasteiger partial charge is 0.405 e. The zero-order valence-corrected chi connectivity index (χ0v) is 23.2. The fraction of sp³-hybridized carbons (Fsp3) is 0.179. The maximum Gasteiger partial charge on any atom is 0.405 e. The van der Waals surface area contributed by atoms with Crippen molar-refractivity contribution in [2.75, 3.05) is 19.6 Å². The minimum atomic E-state index is -4.88. The van der Waals surface area contributed by atoms with Crippen LogP contribution in [0.15, 0.2) is 91.0 Å². The second kappa shape index (κ2) is 11.4. The second-order valence-corrected chi connectivity index (χ2v) is 11.1. The molecule has 1 atom stereocenters. The van der Waals surface area contributed by atoms with Crippen molar-refractivity contribution in [3.63, 3.8) is 0 Å². The molecule has 2 saturated heterocycles. The molecule has 4 N–H and O–H groups in total. The van der Waals surface area contributed by atoms with E-state index in [4.69, 9.17) is 5.11 Å². The summed E-state index contributed by atoms with van der Waals surface area (Å²) in [5, 5.41) is 10.6. The van der Waals surface area contributed by atoms with E-state index in [1.54, 1.807) is 4.72 Å². The molecule has 0 unspecified atom stereocenters. The minimum absolute atomic E-state index is 0.0393. The molecule has 0 aromatic heterocycles. The van der Waals surface area contributed by atoms with E-state index in [-0.39, 0.29) is 13.1 Å². The number of hydrogen-bond acceptors (Lipinski definition) is 7. The van der Waals surface area contributed by atoms with Gasteiger partial charge in [0.25, 0.3) is 5.91 Å². The summed E-state index contributed by atoms with van der Waals surface area (Å²) in [4.78, 5) is 64.7. The molecule has 3 aromatic rings. The van der Waals surface area contributed by atoms with E-state index in [0.717, 1.165) is 21.6 Å². The SMILES string of the molecule is O=C(O)N[C@H]1CN(C(=O)NS(=O)(=O)NC(=O)N2CCN(C(c3ccccc3)(c3ccccc3)c3ccccc3)C2=O)C1=O. The molecule has 2 heterocycles. The van der Waals surface area contributed by atoms with Gasteiger partial charge in [0, 0.05) is 6.54 Å². The first-order valence-electron chi connectivity index (χ1n) is 13.0. The van der Waals surface area contributed by atoms with Crippen LogP contribution >= 0.6 is 0 Å². The number of amides is 8. The molecule has 8 amide bonds. The molecule has 14 nitrogen and oxygen atoms in total. The maximum absolute atomic E-state index is 14.0. The largest absolute Gasteiger partial charge is 0.465 e. The molecule has 43 heavy (non-hydrogen) atoms. The molecule has 222 valence electrons. The van der Waals surface area contributed by atoms with E-state index in [1.807, 2.05) is 96.3 Å². The topological polar surface area (TPSA) is 186 Å². The Morgan fingerprint density at radius 1 is 0.721 bits per heavy atom. The number of likely N-dealkylation sites (tertiary alicyclic amines) is 1. The number of carbonyl (C=O) groups excluding carboxylic acids is 4. The Kier molecular flexibility index (Phi) is 7.74. The van der Waals surface area contributed by atoms with Crippen LogP contribution in [0.25, 0.3) is 0 Å². The van der Waals surface area contributed by atoms with E-state index < -0.39 is 58.4 Å². The quantitative estimate of drug-likeness (QED) is 0.232. The first kappa shape index (κ1) is 29.1. The highest BCUT2D eigenvalue weighted by atomic mass is 32.2. The Hall–Kier alpha value is -5.44. The zero-order valence-electron chi connectivity index (χ0n) is 22.4. The number of carboxylic acid groups (broad SMARTS) is 1. The van der Waals surface area contributed by atoms with Crippen LogP contribution in [-0.4, -0.2) is 84.0 Å². The fourth-order valence-electron chi connectivity index (χ4n) is 5.27. The molecule has 0 saturated carbocycles. The Balaban J connectivity index is 1.39. The Labute approximate surface area is 246 Å². The van der Waals surface area contributed by atoms with Crippen molar-refractivity contribution in [2.45, 2.75) is 11.6 Å². The van der Waals surface area contributed by atoms with Crippen molar-refractivity contribution in [3.05, 3.63) is 108 Å². The summed E-state index contributed by atoms with van der Waals surface area (Å²) in [5.74, 6) is -0.967. The van der Waals surface area contributed by atoms with Crippen molar-refractivity contribution >= 4 is 40.3 Å². The molecule has 2 fully saturated rings. The van der Waals surface area contributed by atoms with Gasteiger partial charge in [0.05, 0.1) is 13.1 Å². The molecule has 5 rings (SSSR count). The second-order valence-electron chi connectivity index (χ2n) is 9.66. The van der Waals surface area contributed by atoms with Gasteiger partial charge in [-0.05, 0) is 16.7 Å². The lowest BCUT2D eigenvalue weighted by molar-refractivity contribution is -0.138. The lowest BCUT2D eigenvalue weighted by atomic mass is 9.75. The summed E-state index contributed by atoms with van der Waals surface area (Å²) >= 11 is 0. The zero-order chi connectivity index (χ0) is 30.8. The fourth-order valence-corrected chi connectivity index (χ4v) is 6.00. The van der Waals surface area contributed by atoms with Gasteiger partial charge in [-0.2, -0.15) is 8.42 Å². The van der Waals surface area contributed by atoms with Crippen LogP contribution in [-0.2, 0) is 20.5 Å². The predicted molar refractivity (Wildman–Crippen MR) is 151 cm³/mol. The van der Waals surface area contributed by atoms with Crippen LogP contribution in [0.1, 0.15) is 16.7 Å². The highest BCUT2D eigenvalue weighted by Gasteiger charge is 2.50. The summed E-state index contributed by atoms with van der Waals surface area (Å²) < 4.78 is 28.4. The van der Waals surface area contributed by atoms with E-state index >= 15 is 0 Å². The third-order valence-electron chi connectivity index (χ3n) is 7.15. The van der Waals surface area contributed by atoms with E-state index in [9.17, 15) is 32.4 Å². The van der Waals surface area contributed by atoms with Crippen molar-refractivity contribution in [3.8, 4) is 0 Å². The van der Waals surface area contributed by atoms with Gasteiger partial charge in [0.15, 0.2) is 0 Å². The van der Waals surface area contributed by atoms with Gasteiger partial charge in [-0.25, -0.2) is 33.5 Å². The Bertz CT molecular complexity index is 1570. The van der Waals surface area contributed by atoms with Gasteiger partial charge in [-0.15, -0.1) is 0 Å². The van der Waals surface area contributed by atoms with E-state index in [1.165, 1.54) is 9.62 Å². The monoisotopic (exact) mass is 606 g/mol. The van der Waals surface area contributed by atoms with Crippen LogP contribution in [0.4, 0.5) is 19.2 Å². The van der Waals surface area contributed by atoms with Gasteiger partial charge in [-0.3, -0.25) is 9.69 Å². The van der Waals surface area contributed by atoms with Gasteiger partial charge in [-0.1, -0.05) is 91.0 Å². The van der Waals surface area contributed by atoms with Crippen LogP contribution in [0.5, 0.6) is 0 Å². The summed E-state index contributed by atoms with van der Waals surface area (Å²) in [7, 11) is -4.88. The Morgan fingerprint density at radius 3 is 1.58 bits per heavy atom. The highest BCUT2D eigenvalue weighted by molar-refractivity contribution is 7.88. The summed E-state index contributed by atoms with van der Waals surface area (Å²) in [6, 6.07) is 23.0. The van der Waals surface area contributed by atoms with Gasteiger partial charge in [0.1, 0.15) is 11.6 Å². The van der Waals surface area contributed by atoms with Gasteiger partial charge >= 0.3 is 34.4 Å². The van der Waals surface area contributed by atoms with Crippen LogP contribution in [0.3, 0.4) is 0 Å². The average Bonchev–Trinajstić information content (AvgIpc) is 3.37. The number of nitrogens with zero attached hydrogens (tertiary/aromatic N) is 3. The summed E-state index contributed by atoms with van der Waals surface area (Å²) in [5.41, 5.74) is 1.01. The van der Waals surface area contributed by atoms with Crippen LogP contribution in [0, 0.1) is 0 Å². The van der Waals surface area contributed by atoms with Crippen molar-refractivity contribution in [2.24, 2.45) is 0 Å². The van der Waals surface area contributed by atoms with E-state index in [2.05, 4.69) is 0 Å². The van der Waals surface area contributed by atoms with E-state index in [0.29, 0.717) is 4.90 Å². The third-order valence-corrected chi connectivity index (χ3v) is 8.04. The normalized spacial score (nSPS) is 16.8. The molecular weight excluding hydrogens is 580 g/mol.